The van der Waals surface area contributed by atoms with Gasteiger partial charge in [0, 0.05) is 36.9 Å². The first-order valence-corrected chi connectivity index (χ1v) is 8.82. The van der Waals surface area contributed by atoms with Gasteiger partial charge in [-0.2, -0.15) is 0 Å². The summed E-state index contributed by atoms with van der Waals surface area (Å²) in [6.45, 7) is 0.554. The van der Waals surface area contributed by atoms with Crippen LogP contribution in [0.5, 0.6) is 0 Å². The van der Waals surface area contributed by atoms with Gasteiger partial charge in [-0.1, -0.05) is 48.5 Å². The zero-order valence-corrected chi connectivity index (χ0v) is 15.0. The number of rotatable bonds is 4. The number of hydrogen-bond acceptors (Lipinski definition) is 3. The topological polar surface area (TPSA) is 46.1 Å². The summed E-state index contributed by atoms with van der Waals surface area (Å²) in [5.41, 5.74) is 4.19. The van der Waals surface area contributed by atoms with E-state index in [2.05, 4.69) is 4.98 Å². The zero-order chi connectivity index (χ0) is 18.6. The van der Waals surface area contributed by atoms with E-state index in [1.165, 1.54) is 0 Å². The highest BCUT2D eigenvalue weighted by atomic mass is 16.2. The lowest BCUT2D eigenvalue weighted by Crippen LogP contribution is -2.26. The lowest BCUT2D eigenvalue weighted by atomic mass is 10.0. The zero-order valence-electron chi connectivity index (χ0n) is 15.0. The van der Waals surface area contributed by atoms with Crippen molar-refractivity contribution in [2.45, 2.75) is 6.54 Å². The normalized spacial score (nSPS) is 10.7. The van der Waals surface area contributed by atoms with E-state index in [-0.39, 0.29) is 5.91 Å². The van der Waals surface area contributed by atoms with Gasteiger partial charge in [0.05, 0.1) is 16.8 Å². The SMILES string of the molecule is CN(Cc1ccccc1)C(=O)c1cc(-c2cccnc2)nc2ccccc12. The quantitative estimate of drug-likeness (QED) is 0.540. The molecule has 27 heavy (non-hydrogen) atoms. The Hall–Kier alpha value is -3.53. The van der Waals surface area contributed by atoms with E-state index in [9.17, 15) is 4.79 Å². The summed E-state index contributed by atoms with van der Waals surface area (Å²) in [5, 5.41) is 0.857. The Morgan fingerprint density at radius 2 is 1.74 bits per heavy atom. The highest BCUT2D eigenvalue weighted by Gasteiger charge is 2.17. The average Bonchev–Trinajstić information content (AvgIpc) is 2.73. The number of hydrogen-bond donors (Lipinski definition) is 0. The van der Waals surface area contributed by atoms with Crippen molar-refractivity contribution < 1.29 is 4.79 Å². The molecule has 0 fully saturated rings. The molecule has 4 nitrogen and oxygen atoms in total. The molecule has 0 aliphatic carbocycles. The summed E-state index contributed by atoms with van der Waals surface area (Å²) in [4.78, 5) is 23.9. The van der Waals surface area contributed by atoms with Gasteiger partial charge in [0.15, 0.2) is 0 Å². The molecule has 0 atom stereocenters. The van der Waals surface area contributed by atoms with Crippen LogP contribution in [0.25, 0.3) is 22.2 Å². The van der Waals surface area contributed by atoms with Crippen LogP contribution in [-0.2, 0) is 6.54 Å². The van der Waals surface area contributed by atoms with Crippen LogP contribution in [0.3, 0.4) is 0 Å². The van der Waals surface area contributed by atoms with E-state index < -0.39 is 0 Å². The first-order chi connectivity index (χ1) is 13.2. The van der Waals surface area contributed by atoms with Gasteiger partial charge in [-0.25, -0.2) is 4.98 Å². The van der Waals surface area contributed by atoms with Gasteiger partial charge in [0.1, 0.15) is 0 Å². The van der Waals surface area contributed by atoms with E-state index >= 15 is 0 Å². The lowest BCUT2D eigenvalue weighted by molar-refractivity contribution is 0.0787. The summed E-state index contributed by atoms with van der Waals surface area (Å²) >= 11 is 0. The number of amides is 1. The third kappa shape index (κ3) is 3.55. The molecule has 0 aliphatic rings. The molecule has 0 bridgehead atoms. The molecular formula is C23H19N3O. The van der Waals surface area contributed by atoms with Gasteiger partial charge in [-0.15, -0.1) is 0 Å². The van der Waals surface area contributed by atoms with Crippen LogP contribution >= 0.6 is 0 Å². The van der Waals surface area contributed by atoms with Gasteiger partial charge in [-0.3, -0.25) is 9.78 Å². The van der Waals surface area contributed by atoms with Gasteiger partial charge >= 0.3 is 0 Å². The molecule has 2 aromatic heterocycles. The fourth-order valence-electron chi connectivity index (χ4n) is 3.15. The number of nitrogens with zero attached hydrogens (tertiary/aromatic N) is 3. The third-order valence-electron chi connectivity index (χ3n) is 4.51. The second-order valence-electron chi connectivity index (χ2n) is 6.46. The predicted octanol–water partition coefficient (Wildman–Crippen LogP) is 4.57. The highest BCUT2D eigenvalue weighted by Crippen LogP contribution is 2.25. The average molecular weight is 353 g/mol. The number of para-hydroxylation sites is 1. The van der Waals surface area contributed by atoms with Gasteiger partial charge in [0.2, 0.25) is 0 Å². The Morgan fingerprint density at radius 3 is 2.52 bits per heavy atom. The maximum atomic E-state index is 13.2. The minimum Gasteiger partial charge on any atom is -0.337 e. The van der Waals surface area contributed by atoms with Crippen LogP contribution in [-0.4, -0.2) is 27.8 Å². The number of aromatic nitrogens is 2. The second-order valence-corrected chi connectivity index (χ2v) is 6.46. The number of carbonyl (C=O) groups is 1. The number of benzene rings is 2. The minimum atomic E-state index is -0.0254. The molecule has 4 rings (SSSR count). The molecule has 4 heteroatoms. The Bertz CT molecular complexity index is 1080. The molecule has 0 saturated carbocycles. The van der Waals surface area contributed by atoms with E-state index in [0.29, 0.717) is 12.1 Å². The molecule has 2 heterocycles. The third-order valence-corrected chi connectivity index (χ3v) is 4.51. The Kier molecular flexibility index (Phi) is 4.62. The van der Waals surface area contributed by atoms with Crippen molar-refractivity contribution in [3.63, 3.8) is 0 Å². The first-order valence-electron chi connectivity index (χ1n) is 8.82. The molecule has 0 aliphatic heterocycles. The van der Waals surface area contributed by atoms with Gasteiger partial charge < -0.3 is 4.90 Å². The highest BCUT2D eigenvalue weighted by molar-refractivity contribution is 6.07. The maximum Gasteiger partial charge on any atom is 0.254 e. The van der Waals surface area contributed by atoms with Gasteiger partial charge in [-0.05, 0) is 29.8 Å². The summed E-state index contributed by atoms with van der Waals surface area (Å²) in [6.07, 6.45) is 3.49. The Labute approximate surface area is 158 Å². The number of fused-ring (bicyclic) bond motifs is 1. The van der Waals surface area contributed by atoms with Crippen LogP contribution in [0, 0.1) is 0 Å². The van der Waals surface area contributed by atoms with Crippen LogP contribution in [0.2, 0.25) is 0 Å². The van der Waals surface area contributed by atoms with Crippen LogP contribution in [0.4, 0.5) is 0 Å². The van der Waals surface area contributed by atoms with Crippen molar-refractivity contribution in [3.05, 3.63) is 96.3 Å². The van der Waals surface area contributed by atoms with Crippen molar-refractivity contribution in [3.8, 4) is 11.3 Å². The fraction of sp³-hybridized carbons (Fsp3) is 0.0870. The molecular weight excluding hydrogens is 334 g/mol. The maximum absolute atomic E-state index is 13.2. The Morgan fingerprint density at radius 1 is 0.963 bits per heavy atom. The smallest absolute Gasteiger partial charge is 0.254 e. The molecule has 1 amide bonds. The van der Waals surface area contributed by atoms with Crippen molar-refractivity contribution >= 4 is 16.8 Å². The molecule has 132 valence electrons. The van der Waals surface area contributed by atoms with Gasteiger partial charge in [0.25, 0.3) is 5.91 Å². The summed E-state index contributed by atoms with van der Waals surface area (Å²) in [7, 11) is 1.83. The first kappa shape index (κ1) is 16.9. The van der Waals surface area contributed by atoms with E-state index in [1.54, 1.807) is 17.3 Å². The molecule has 0 N–H and O–H groups in total. The summed E-state index contributed by atoms with van der Waals surface area (Å²) < 4.78 is 0. The molecule has 0 saturated heterocycles. The Balaban J connectivity index is 1.76. The predicted molar refractivity (Wildman–Crippen MR) is 107 cm³/mol. The molecule has 0 radical (unpaired) electrons. The summed E-state index contributed by atoms with van der Waals surface area (Å²) in [5.74, 6) is -0.0254. The van der Waals surface area contributed by atoms with Crippen molar-refractivity contribution in [2.24, 2.45) is 0 Å². The largest absolute Gasteiger partial charge is 0.337 e. The molecule has 4 aromatic rings. The standard InChI is InChI=1S/C23H19N3O/c1-26(16-17-8-3-2-4-9-17)23(27)20-14-22(18-10-7-13-24-15-18)25-21-12-6-5-11-19(20)21/h2-15H,16H2,1H3. The molecule has 0 unspecified atom stereocenters. The van der Waals surface area contributed by atoms with Crippen molar-refractivity contribution in [1.29, 1.82) is 0 Å². The number of carbonyl (C=O) groups excluding carboxylic acids is 1. The molecule has 0 spiro atoms. The van der Waals surface area contributed by atoms with Crippen LogP contribution in [0.15, 0.2) is 85.2 Å². The number of pyridine rings is 2. The fourth-order valence-corrected chi connectivity index (χ4v) is 3.15. The van der Waals surface area contributed by atoms with Crippen molar-refractivity contribution in [1.82, 2.24) is 14.9 Å². The van der Waals surface area contributed by atoms with E-state index in [1.807, 2.05) is 79.8 Å². The summed E-state index contributed by atoms with van der Waals surface area (Å²) in [6, 6.07) is 23.4. The minimum absolute atomic E-state index is 0.0254. The van der Waals surface area contributed by atoms with E-state index in [0.717, 1.165) is 27.7 Å². The van der Waals surface area contributed by atoms with Crippen LogP contribution < -0.4 is 0 Å². The van der Waals surface area contributed by atoms with Crippen LogP contribution in [0.1, 0.15) is 15.9 Å². The lowest BCUT2D eigenvalue weighted by Gasteiger charge is -2.19. The molecule has 2 aromatic carbocycles. The van der Waals surface area contributed by atoms with E-state index in [4.69, 9.17) is 4.98 Å². The second kappa shape index (κ2) is 7.38. The van der Waals surface area contributed by atoms with Crippen molar-refractivity contribution in [2.75, 3.05) is 7.05 Å². The monoisotopic (exact) mass is 353 g/mol.